The average Bonchev–Trinajstić information content (AvgIpc) is 2.68. The minimum absolute atomic E-state index is 0. The molecule has 2 unspecified atom stereocenters. The van der Waals surface area contributed by atoms with E-state index in [1.165, 1.54) is 50.7 Å². The summed E-state index contributed by atoms with van der Waals surface area (Å²) in [6, 6.07) is 2.77. The summed E-state index contributed by atoms with van der Waals surface area (Å²) in [5.74, 6) is 1.99. The van der Waals surface area contributed by atoms with Crippen molar-refractivity contribution < 1.29 is 19.0 Å². The molecule has 31 heavy (non-hydrogen) atoms. The molecular weight excluding hydrogens is 464 g/mol. The molecule has 0 spiro atoms. The summed E-state index contributed by atoms with van der Waals surface area (Å²) in [6.45, 7) is 2.67. The maximum Gasteiger partial charge on any atom is 0.142 e. The van der Waals surface area contributed by atoms with Gasteiger partial charge in [-0.15, -0.1) is 12.4 Å². The summed E-state index contributed by atoms with van der Waals surface area (Å²) in [5.41, 5.74) is 0.611. The molecule has 1 aromatic rings. The molecule has 4 bridgehead atoms. The molecule has 4 nitrogen and oxygen atoms in total. The van der Waals surface area contributed by atoms with Gasteiger partial charge in [0, 0.05) is 30.2 Å². The van der Waals surface area contributed by atoms with E-state index in [0.29, 0.717) is 36.9 Å². The maximum atomic E-state index is 13.9. The lowest BCUT2D eigenvalue weighted by Crippen LogP contribution is -2.53. The summed E-state index contributed by atoms with van der Waals surface area (Å²) in [5, 5.41) is 11.1. The Bertz CT molecular complexity index is 760. The minimum Gasteiger partial charge on any atom is -0.389 e. The summed E-state index contributed by atoms with van der Waals surface area (Å²) in [6.07, 6.45) is 6.78. The van der Waals surface area contributed by atoms with Gasteiger partial charge in [-0.2, -0.15) is 0 Å². The topological polar surface area (TPSA) is 41.9 Å². The lowest BCUT2D eigenvalue weighted by atomic mass is 9.54. The molecule has 0 amide bonds. The van der Waals surface area contributed by atoms with Crippen molar-refractivity contribution in [3.8, 4) is 0 Å². The predicted molar refractivity (Wildman–Crippen MR) is 122 cm³/mol. The van der Waals surface area contributed by atoms with Crippen molar-refractivity contribution in [3.05, 3.63) is 33.6 Å². The van der Waals surface area contributed by atoms with Crippen molar-refractivity contribution in [2.75, 3.05) is 32.8 Å². The number of ether oxygens (including phenoxy) is 2. The molecule has 4 aliphatic carbocycles. The van der Waals surface area contributed by atoms with Gasteiger partial charge < -0.3 is 14.6 Å². The number of morpholine rings is 1. The zero-order valence-corrected chi connectivity index (χ0v) is 19.9. The highest BCUT2D eigenvalue weighted by Gasteiger charge is 2.51. The van der Waals surface area contributed by atoms with E-state index in [4.69, 9.17) is 32.7 Å². The zero-order chi connectivity index (χ0) is 20.9. The third-order valence-corrected chi connectivity index (χ3v) is 8.19. The number of aliphatic hydroxyl groups is 1. The van der Waals surface area contributed by atoms with Crippen molar-refractivity contribution in [2.45, 2.75) is 56.3 Å². The van der Waals surface area contributed by atoms with E-state index in [-0.39, 0.29) is 29.1 Å². The van der Waals surface area contributed by atoms with Crippen LogP contribution in [0.3, 0.4) is 0 Å². The Balaban J connectivity index is 0.00000231. The van der Waals surface area contributed by atoms with Crippen molar-refractivity contribution in [3.63, 3.8) is 0 Å². The third-order valence-electron chi connectivity index (χ3n) is 7.57. The van der Waals surface area contributed by atoms with Crippen LogP contribution >= 0.6 is 35.6 Å². The molecule has 0 aromatic heterocycles. The van der Waals surface area contributed by atoms with Gasteiger partial charge in [0.15, 0.2) is 0 Å². The van der Waals surface area contributed by atoms with Gasteiger partial charge >= 0.3 is 0 Å². The monoisotopic (exact) mass is 493 g/mol. The van der Waals surface area contributed by atoms with Crippen LogP contribution in [-0.4, -0.2) is 54.6 Å². The Morgan fingerprint density at radius 3 is 2.42 bits per heavy atom. The molecule has 6 rings (SSSR count). The van der Waals surface area contributed by atoms with E-state index in [9.17, 15) is 9.50 Å². The molecule has 8 heteroatoms. The normalized spacial score (nSPS) is 35.7. The summed E-state index contributed by atoms with van der Waals surface area (Å²) in [4.78, 5) is 2.14. The number of nitrogens with zero attached hydrogens (tertiary/aromatic N) is 1. The van der Waals surface area contributed by atoms with Crippen LogP contribution in [0.2, 0.25) is 10.0 Å². The fraction of sp³-hybridized carbons (Fsp3) is 0.739. The van der Waals surface area contributed by atoms with Gasteiger partial charge in [-0.3, -0.25) is 4.90 Å². The highest BCUT2D eigenvalue weighted by Crippen LogP contribution is 2.57. The predicted octanol–water partition coefficient (Wildman–Crippen LogP) is 5.27. The Morgan fingerprint density at radius 2 is 1.77 bits per heavy atom. The fourth-order valence-corrected chi connectivity index (χ4v) is 7.18. The second kappa shape index (κ2) is 9.61. The van der Waals surface area contributed by atoms with E-state index < -0.39 is 11.9 Å². The smallest absolute Gasteiger partial charge is 0.142 e. The number of hydrogen-bond acceptors (Lipinski definition) is 4. The zero-order valence-electron chi connectivity index (χ0n) is 17.6. The first-order chi connectivity index (χ1) is 14.4. The first kappa shape index (κ1) is 24.0. The lowest BCUT2D eigenvalue weighted by molar-refractivity contribution is -0.177. The maximum absolute atomic E-state index is 13.9. The number of rotatable bonds is 6. The summed E-state index contributed by atoms with van der Waals surface area (Å²) < 4.78 is 26.2. The van der Waals surface area contributed by atoms with Gasteiger partial charge in [0.1, 0.15) is 5.82 Å². The number of aliphatic hydroxyl groups excluding tert-OH is 1. The highest BCUT2D eigenvalue weighted by atomic mass is 35.5. The van der Waals surface area contributed by atoms with Gasteiger partial charge in [-0.1, -0.05) is 23.2 Å². The Morgan fingerprint density at radius 1 is 1.13 bits per heavy atom. The average molecular weight is 495 g/mol. The lowest BCUT2D eigenvalue weighted by Gasteiger charge is -2.56. The van der Waals surface area contributed by atoms with Crippen molar-refractivity contribution in [2.24, 2.45) is 17.8 Å². The molecule has 2 atom stereocenters. The molecular formula is C23H31Cl3FNO3. The molecule has 1 aliphatic heterocycles. The van der Waals surface area contributed by atoms with Crippen LogP contribution in [0, 0.1) is 23.6 Å². The molecule has 5 fully saturated rings. The Kier molecular flexibility index (Phi) is 7.44. The van der Waals surface area contributed by atoms with Crippen LogP contribution in [0.4, 0.5) is 4.39 Å². The molecule has 1 aromatic carbocycles. The van der Waals surface area contributed by atoms with Crippen LogP contribution in [0.25, 0.3) is 0 Å². The van der Waals surface area contributed by atoms with Gasteiger partial charge in [-0.05, 0) is 68.4 Å². The number of benzene rings is 1. The van der Waals surface area contributed by atoms with Crippen LogP contribution < -0.4 is 0 Å². The van der Waals surface area contributed by atoms with E-state index in [1.54, 1.807) is 0 Å². The number of halogens is 4. The standard InChI is InChI=1S/C23H30Cl2FNO3.ClH/c24-19-7-20(25)21(26)6-18(19)22-12-27(1-2-29-22)11-17(28)13-30-23-8-14-3-15(9-23)5-16(4-14)10-23;/h6-7,14-17,22,28H,1-5,8-13H2;1H. The third kappa shape index (κ3) is 5.18. The van der Waals surface area contributed by atoms with Crippen LogP contribution in [0.15, 0.2) is 12.1 Å². The largest absolute Gasteiger partial charge is 0.389 e. The molecule has 4 saturated carbocycles. The van der Waals surface area contributed by atoms with E-state index in [1.807, 2.05) is 0 Å². The van der Waals surface area contributed by atoms with E-state index in [2.05, 4.69) is 4.90 Å². The van der Waals surface area contributed by atoms with E-state index >= 15 is 0 Å². The second-order valence-corrected chi connectivity index (χ2v) is 10.8. The van der Waals surface area contributed by atoms with Crippen molar-refractivity contribution in [1.29, 1.82) is 0 Å². The Labute approximate surface area is 199 Å². The molecule has 1 heterocycles. The van der Waals surface area contributed by atoms with Gasteiger partial charge in [-0.25, -0.2) is 4.39 Å². The van der Waals surface area contributed by atoms with Crippen LogP contribution in [-0.2, 0) is 9.47 Å². The molecule has 1 saturated heterocycles. The van der Waals surface area contributed by atoms with Crippen LogP contribution in [0.5, 0.6) is 0 Å². The van der Waals surface area contributed by atoms with E-state index in [0.717, 1.165) is 24.3 Å². The summed E-state index contributed by atoms with van der Waals surface area (Å²) >= 11 is 12.1. The van der Waals surface area contributed by atoms with Crippen molar-refractivity contribution >= 4 is 35.6 Å². The van der Waals surface area contributed by atoms with Crippen molar-refractivity contribution in [1.82, 2.24) is 4.90 Å². The summed E-state index contributed by atoms with van der Waals surface area (Å²) in [7, 11) is 0. The first-order valence-corrected chi connectivity index (χ1v) is 11.9. The molecule has 174 valence electrons. The minimum atomic E-state index is -0.547. The quantitative estimate of drug-likeness (QED) is 0.547. The fourth-order valence-electron chi connectivity index (χ4n) is 6.67. The highest BCUT2D eigenvalue weighted by molar-refractivity contribution is 6.35. The number of β-amino-alcohol motifs (C(OH)–C–C–N with tert-alkyl or cyclic N) is 1. The van der Waals surface area contributed by atoms with Crippen LogP contribution in [0.1, 0.15) is 50.2 Å². The Hall–Kier alpha value is -0.140. The molecule has 5 aliphatic rings. The first-order valence-electron chi connectivity index (χ1n) is 11.2. The SMILES string of the molecule is Cl.OC(COC12CC3CC(CC(C3)C1)C2)CN1CCOC(c2cc(F)c(Cl)cc2Cl)C1. The second-order valence-electron chi connectivity index (χ2n) is 9.97. The molecule has 1 N–H and O–H groups in total. The van der Waals surface area contributed by atoms with Gasteiger partial charge in [0.05, 0.1) is 36.0 Å². The number of hydrogen-bond donors (Lipinski definition) is 1. The van der Waals surface area contributed by atoms with Gasteiger partial charge in [0.25, 0.3) is 0 Å². The molecule has 0 radical (unpaired) electrons. The van der Waals surface area contributed by atoms with Gasteiger partial charge in [0.2, 0.25) is 0 Å².